The van der Waals surface area contributed by atoms with Crippen LogP contribution in [-0.2, 0) is 4.74 Å². The molecule has 0 aromatic carbocycles. The van der Waals surface area contributed by atoms with E-state index in [-0.39, 0.29) is 12.1 Å². The summed E-state index contributed by atoms with van der Waals surface area (Å²) < 4.78 is 5.63. The van der Waals surface area contributed by atoms with E-state index in [1.54, 1.807) is 4.90 Å². The van der Waals surface area contributed by atoms with Crippen LogP contribution in [0.5, 0.6) is 0 Å². The van der Waals surface area contributed by atoms with Crippen molar-refractivity contribution < 1.29 is 9.53 Å². The van der Waals surface area contributed by atoms with Crippen molar-refractivity contribution >= 4 is 11.9 Å². The van der Waals surface area contributed by atoms with Gasteiger partial charge in [-0.2, -0.15) is 0 Å². The minimum Gasteiger partial charge on any atom is -0.443 e. The molecule has 1 atom stereocenters. The summed E-state index contributed by atoms with van der Waals surface area (Å²) in [6.45, 7) is 6.78. The number of hydrogen-bond acceptors (Lipinski definition) is 4. The highest BCUT2D eigenvalue weighted by Gasteiger charge is 2.32. The Morgan fingerprint density at radius 3 is 2.50 bits per heavy atom. The molecular weight excluding hydrogens is 302 g/mol. The number of nitrogens with one attached hydrogen (secondary N) is 1. The number of carbonyl (C=O) groups excluding carboxylic acids is 1. The Hall–Kier alpha value is -1.62. The summed E-state index contributed by atoms with van der Waals surface area (Å²) in [6, 6.07) is 4.66. The monoisotopic (exact) mass is 331 g/mol. The smallest absolute Gasteiger partial charge is 0.416 e. The molecule has 1 N–H and O–H groups in total. The van der Waals surface area contributed by atoms with Crippen molar-refractivity contribution in [1.82, 2.24) is 10.3 Å². The van der Waals surface area contributed by atoms with Crippen molar-refractivity contribution in [3.8, 4) is 0 Å². The number of nitrogens with zero attached hydrogens (tertiary/aromatic N) is 2. The second-order valence-corrected chi connectivity index (χ2v) is 7.89. The van der Waals surface area contributed by atoms with Crippen LogP contribution in [0.3, 0.4) is 0 Å². The molecule has 0 spiro atoms. The molecule has 1 aliphatic carbocycles. The minimum atomic E-state index is -0.498. The van der Waals surface area contributed by atoms with E-state index in [4.69, 9.17) is 4.74 Å². The minimum absolute atomic E-state index is 0.197. The first kappa shape index (κ1) is 17.2. The number of aromatic nitrogens is 1. The van der Waals surface area contributed by atoms with Crippen LogP contribution in [-0.4, -0.2) is 29.3 Å². The SMILES string of the molecule is CC(C)(C)OC(=O)N(c1ccc([C@@H]2CCCN2)cn1)C1CCCC1. The van der Waals surface area contributed by atoms with Crippen molar-refractivity contribution in [2.45, 2.75) is 77.0 Å². The number of hydrogen-bond donors (Lipinski definition) is 1. The van der Waals surface area contributed by atoms with Gasteiger partial charge in [0, 0.05) is 18.3 Å². The molecule has 1 aromatic rings. The predicted octanol–water partition coefficient (Wildman–Crippen LogP) is 4.19. The van der Waals surface area contributed by atoms with E-state index < -0.39 is 5.60 Å². The van der Waals surface area contributed by atoms with Crippen LogP contribution in [0.2, 0.25) is 0 Å². The zero-order chi connectivity index (χ0) is 17.2. The Labute approximate surface area is 144 Å². The van der Waals surface area contributed by atoms with E-state index in [9.17, 15) is 4.79 Å². The van der Waals surface area contributed by atoms with E-state index in [0.29, 0.717) is 11.9 Å². The number of anilines is 1. The molecule has 0 bridgehead atoms. The Morgan fingerprint density at radius 2 is 1.96 bits per heavy atom. The number of rotatable bonds is 3. The fourth-order valence-electron chi connectivity index (χ4n) is 3.62. The average molecular weight is 331 g/mol. The van der Waals surface area contributed by atoms with Gasteiger partial charge in [-0.25, -0.2) is 9.78 Å². The standard InChI is InChI=1S/C19H29N3O2/c1-19(2,3)24-18(23)22(15-7-4-5-8-15)17-11-10-14(13-21-17)16-9-6-12-20-16/h10-11,13,15-16,20H,4-9,12H2,1-3H3/t16-/m0/s1. The van der Waals surface area contributed by atoms with Gasteiger partial charge < -0.3 is 10.1 Å². The van der Waals surface area contributed by atoms with Gasteiger partial charge in [-0.05, 0) is 64.6 Å². The molecular formula is C19H29N3O2. The Kier molecular flexibility index (Phi) is 5.09. The molecule has 132 valence electrons. The van der Waals surface area contributed by atoms with Gasteiger partial charge in [0.15, 0.2) is 0 Å². The molecule has 2 fully saturated rings. The molecule has 1 amide bonds. The van der Waals surface area contributed by atoms with Crippen molar-refractivity contribution in [1.29, 1.82) is 0 Å². The van der Waals surface area contributed by atoms with Gasteiger partial charge >= 0.3 is 6.09 Å². The lowest BCUT2D eigenvalue weighted by atomic mass is 10.1. The molecule has 0 unspecified atom stereocenters. The molecule has 3 rings (SSSR count). The van der Waals surface area contributed by atoms with Crippen molar-refractivity contribution in [3.05, 3.63) is 23.9 Å². The van der Waals surface area contributed by atoms with Crippen molar-refractivity contribution in [3.63, 3.8) is 0 Å². The molecule has 1 aliphatic heterocycles. The first-order valence-electron chi connectivity index (χ1n) is 9.15. The van der Waals surface area contributed by atoms with Gasteiger partial charge in [0.1, 0.15) is 11.4 Å². The van der Waals surface area contributed by atoms with Crippen molar-refractivity contribution in [2.24, 2.45) is 0 Å². The van der Waals surface area contributed by atoms with Crippen LogP contribution < -0.4 is 10.2 Å². The number of carbonyl (C=O) groups is 1. The fraction of sp³-hybridized carbons (Fsp3) is 0.684. The lowest BCUT2D eigenvalue weighted by Gasteiger charge is -2.31. The second-order valence-electron chi connectivity index (χ2n) is 7.89. The van der Waals surface area contributed by atoms with Gasteiger partial charge in [0.25, 0.3) is 0 Å². The van der Waals surface area contributed by atoms with Crippen LogP contribution in [0, 0.1) is 0 Å². The maximum absolute atomic E-state index is 12.7. The third kappa shape index (κ3) is 4.07. The first-order valence-corrected chi connectivity index (χ1v) is 9.15. The van der Waals surface area contributed by atoms with E-state index in [1.807, 2.05) is 33.0 Å². The maximum Gasteiger partial charge on any atom is 0.416 e. The van der Waals surface area contributed by atoms with Crippen LogP contribution in [0.4, 0.5) is 10.6 Å². The molecule has 2 heterocycles. The molecule has 5 nitrogen and oxygen atoms in total. The fourth-order valence-corrected chi connectivity index (χ4v) is 3.62. The lowest BCUT2D eigenvalue weighted by molar-refractivity contribution is 0.0564. The molecule has 2 aliphatic rings. The Morgan fingerprint density at radius 1 is 1.21 bits per heavy atom. The lowest BCUT2D eigenvalue weighted by Crippen LogP contribution is -2.43. The normalized spacial score (nSPS) is 21.9. The summed E-state index contributed by atoms with van der Waals surface area (Å²) in [6.07, 6.45) is 8.35. The van der Waals surface area contributed by atoms with E-state index >= 15 is 0 Å². The highest BCUT2D eigenvalue weighted by atomic mass is 16.6. The van der Waals surface area contributed by atoms with Crippen molar-refractivity contribution in [2.75, 3.05) is 11.4 Å². The quantitative estimate of drug-likeness (QED) is 0.902. The van der Waals surface area contributed by atoms with E-state index in [0.717, 1.165) is 38.6 Å². The summed E-state index contributed by atoms with van der Waals surface area (Å²) in [5, 5.41) is 3.49. The predicted molar refractivity (Wildman–Crippen MR) is 95.2 cm³/mol. The highest BCUT2D eigenvalue weighted by molar-refractivity contribution is 5.87. The topological polar surface area (TPSA) is 54.5 Å². The number of amides is 1. The molecule has 0 radical (unpaired) electrons. The first-order chi connectivity index (χ1) is 11.4. The Bertz CT molecular complexity index is 553. The van der Waals surface area contributed by atoms with Gasteiger partial charge in [-0.3, -0.25) is 4.90 Å². The second kappa shape index (κ2) is 7.09. The highest BCUT2D eigenvalue weighted by Crippen LogP contribution is 2.30. The van der Waals surface area contributed by atoms with E-state index in [1.165, 1.54) is 12.0 Å². The van der Waals surface area contributed by atoms with Crippen LogP contribution in [0.15, 0.2) is 18.3 Å². The number of ether oxygens (including phenoxy) is 1. The van der Waals surface area contributed by atoms with Gasteiger partial charge in [-0.1, -0.05) is 18.9 Å². The summed E-state index contributed by atoms with van der Waals surface area (Å²) in [4.78, 5) is 19.1. The summed E-state index contributed by atoms with van der Waals surface area (Å²) in [5.74, 6) is 0.706. The van der Waals surface area contributed by atoms with Gasteiger partial charge in [-0.15, -0.1) is 0 Å². The zero-order valence-electron chi connectivity index (χ0n) is 15.0. The third-order valence-corrected chi connectivity index (χ3v) is 4.76. The zero-order valence-corrected chi connectivity index (χ0v) is 15.0. The molecule has 1 saturated carbocycles. The maximum atomic E-state index is 12.7. The van der Waals surface area contributed by atoms with Crippen LogP contribution >= 0.6 is 0 Å². The number of pyridine rings is 1. The average Bonchev–Trinajstić information content (AvgIpc) is 3.20. The van der Waals surface area contributed by atoms with Crippen LogP contribution in [0.1, 0.15) is 70.9 Å². The molecule has 5 heteroatoms. The summed E-state index contributed by atoms with van der Waals surface area (Å²) in [7, 11) is 0. The van der Waals surface area contributed by atoms with Gasteiger partial charge in [0.05, 0.1) is 0 Å². The largest absolute Gasteiger partial charge is 0.443 e. The molecule has 24 heavy (non-hydrogen) atoms. The summed E-state index contributed by atoms with van der Waals surface area (Å²) in [5.41, 5.74) is 0.702. The van der Waals surface area contributed by atoms with Gasteiger partial charge in [0.2, 0.25) is 0 Å². The third-order valence-electron chi connectivity index (χ3n) is 4.76. The van der Waals surface area contributed by atoms with E-state index in [2.05, 4.69) is 16.4 Å². The van der Waals surface area contributed by atoms with Crippen LogP contribution in [0.25, 0.3) is 0 Å². The Balaban J connectivity index is 1.80. The molecule has 1 aromatic heterocycles. The summed E-state index contributed by atoms with van der Waals surface area (Å²) >= 11 is 0. The molecule has 1 saturated heterocycles.